The van der Waals surface area contributed by atoms with Crippen LogP contribution < -0.4 is 0 Å². The fraction of sp³-hybridized carbons (Fsp3) is 0.0556. The molecule has 134 valence electrons. The van der Waals surface area contributed by atoms with E-state index in [1.54, 1.807) is 24.9 Å². The van der Waals surface area contributed by atoms with Gasteiger partial charge < -0.3 is 14.8 Å². The summed E-state index contributed by atoms with van der Waals surface area (Å²) < 4.78 is 0. The highest BCUT2D eigenvalue weighted by atomic mass is 35.5. The smallest absolute Gasteiger partial charge is 0.158 e. The van der Waals surface area contributed by atoms with Crippen molar-refractivity contribution in [3.63, 3.8) is 0 Å². The molecule has 0 saturated carbocycles. The third-order valence-corrected chi connectivity index (χ3v) is 3.66. The van der Waals surface area contributed by atoms with Crippen molar-refractivity contribution in [2.24, 2.45) is 5.16 Å². The van der Waals surface area contributed by atoms with Crippen molar-refractivity contribution in [1.82, 2.24) is 19.9 Å². The fourth-order valence-corrected chi connectivity index (χ4v) is 2.48. The zero-order valence-corrected chi connectivity index (χ0v) is 15.3. The first-order valence-corrected chi connectivity index (χ1v) is 7.56. The lowest BCUT2D eigenvalue weighted by atomic mass is 10.1. The van der Waals surface area contributed by atoms with Gasteiger partial charge in [0.2, 0.25) is 0 Å². The minimum absolute atomic E-state index is 0. The van der Waals surface area contributed by atoms with Crippen LogP contribution in [0.1, 0.15) is 17.0 Å². The van der Waals surface area contributed by atoms with Gasteiger partial charge in [0.25, 0.3) is 0 Å². The maximum absolute atomic E-state index is 5.53. The second-order valence-corrected chi connectivity index (χ2v) is 5.30. The van der Waals surface area contributed by atoms with Gasteiger partial charge in [-0.15, -0.1) is 24.8 Å². The number of hydrogen-bond acceptors (Lipinski definition) is 4. The number of nitrogens with one attached hydrogen (secondary N) is 2. The Morgan fingerprint density at radius 1 is 1.04 bits per heavy atom. The highest BCUT2D eigenvalue weighted by Gasteiger charge is 2.11. The molecule has 0 atom stereocenters. The van der Waals surface area contributed by atoms with Crippen molar-refractivity contribution in [1.29, 1.82) is 0 Å². The maximum atomic E-state index is 5.53. The molecule has 2 N–H and O–H groups in total. The van der Waals surface area contributed by atoms with Crippen LogP contribution in [0.25, 0.3) is 10.9 Å². The summed E-state index contributed by atoms with van der Waals surface area (Å²) in [6.07, 6.45) is 6.90. The third-order valence-electron chi connectivity index (χ3n) is 3.66. The number of rotatable bonds is 5. The number of pyridine rings is 1. The molecule has 0 unspecified atom stereocenters. The van der Waals surface area contributed by atoms with E-state index in [0.717, 1.165) is 33.6 Å². The van der Waals surface area contributed by atoms with Gasteiger partial charge in [0.1, 0.15) is 5.71 Å². The van der Waals surface area contributed by atoms with Gasteiger partial charge in [0.15, 0.2) is 6.61 Å². The normalized spacial score (nSPS) is 10.8. The molecule has 0 bridgehead atoms. The number of nitrogens with zero attached hydrogens (tertiary/aromatic N) is 3. The van der Waals surface area contributed by atoms with Gasteiger partial charge in [-0.1, -0.05) is 35.5 Å². The molecule has 0 spiro atoms. The van der Waals surface area contributed by atoms with Crippen LogP contribution in [-0.2, 0) is 11.4 Å². The van der Waals surface area contributed by atoms with Crippen LogP contribution in [0.5, 0.6) is 0 Å². The molecule has 4 rings (SSSR count). The van der Waals surface area contributed by atoms with Crippen molar-refractivity contribution in [2.75, 3.05) is 0 Å². The SMILES string of the molecule is Cl.Cl.c1ccc(C(=NOCc2cnc[nH]2)c2cc3ccncc3[nH]2)cc1. The highest BCUT2D eigenvalue weighted by Crippen LogP contribution is 2.17. The monoisotopic (exact) mass is 389 g/mol. The first kappa shape index (κ1) is 19.5. The summed E-state index contributed by atoms with van der Waals surface area (Å²) in [6, 6.07) is 13.9. The Kier molecular flexibility index (Phi) is 6.77. The van der Waals surface area contributed by atoms with Crippen LogP contribution in [-0.4, -0.2) is 25.6 Å². The van der Waals surface area contributed by atoms with Crippen LogP contribution in [0.15, 0.2) is 72.5 Å². The van der Waals surface area contributed by atoms with Crippen LogP contribution >= 0.6 is 24.8 Å². The van der Waals surface area contributed by atoms with Crippen molar-refractivity contribution < 1.29 is 4.84 Å². The third kappa shape index (κ3) is 4.22. The van der Waals surface area contributed by atoms with Crippen molar-refractivity contribution >= 4 is 41.4 Å². The van der Waals surface area contributed by atoms with E-state index >= 15 is 0 Å². The molecular formula is C18H17Cl2N5O. The highest BCUT2D eigenvalue weighted by molar-refractivity contribution is 6.13. The Labute approximate surface area is 162 Å². The average molecular weight is 390 g/mol. The molecule has 0 saturated heterocycles. The van der Waals surface area contributed by atoms with Crippen LogP contribution in [0.4, 0.5) is 0 Å². The fourth-order valence-electron chi connectivity index (χ4n) is 2.48. The molecule has 1 aromatic carbocycles. The Morgan fingerprint density at radius 2 is 1.88 bits per heavy atom. The lowest BCUT2D eigenvalue weighted by molar-refractivity contribution is 0.128. The molecule has 8 heteroatoms. The Balaban J connectivity index is 0.00000121. The number of benzene rings is 1. The van der Waals surface area contributed by atoms with E-state index < -0.39 is 0 Å². The molecule has 0 radical (unpaired) electrons. The van der Waals surface area contributed by atoms with E-state index in [1.807, 2.05) is 42.5 Å². The van der Waals surface area contributed by atoms with Crippen LogP contribution in [0.2, 0.25) is 0 Å². The average Bonchev–Trinajstić information content (AvgIpc) is 3.28. The van der Waals surface area contributed by atoms with Gasteiger partial charge in [-0.05, 0) is 12.1 Å². The molecule has 26 heavy (non-hydrogen) atoms. The number of fused-ring (bicyclic) bond motifs is 1. The second kappa shape index (κ2) is 9.03. The topological polar surface area (TPSA) is 79.0 Å². The first-order chi connectivity index (χ1) is 11.9. The zero-order chi connectivity index (χ0) is 16.2. The summed E-state index contributed by atoms with van der Waals surface area (Å²) in [6.45, 7) is 0.331. The summed E-state index contributed by atoms with van der Waals surface area (Å²) >= 11 is 0. The van der Waals surface area contributed by atoms with Crippen molar-refractivity contribution in [3.8, 4) is 0 Å². The van der Waals surface area contributed by atoms with E-state index in [9.17, 15) is 0 Å². The molecule has 3 heterocycles. The molecule has 0 aliphatic carbocycles. The van der Waals surface area contributed by atoms with Crippen LogP contribution in [0.3, 0.4) is 0 Å². The minimum atomic E-state index is 0. The van der Waals surface area contributed by atoms with E-state index in [1.165, 1.54) is 0 Å². The summed E-state index contributed by atoms with van der Waals surface area (Å²) in [5.41, 5.74) is 4.43. The number of hydrogen-bond donors (Lipinski definition) is 2. The molecular weight excluding hydrogens is 373 g/mol. The summed E-state index contributed by atoms with van der Waals surface area (Å²) in [5, 5.41) is 5.43. The quantitative estimate of drug-likeness (QED) is 0.398. The lowest BCUT2D eigenvalue weighted by Gasteiger charge is -2.05. The Morgan fingerprint density at radius 3 is 2.62 bits per heavy atom. The lowest BCUT2D eigenvalue weighted by Crippen LogP contribution is -2.05. The van der Waals surface area contributed by atoms with Crippen LogP contribution in [0, 0.1) is 0 Å². The molecule has 6 nitrogen and oxygen atoms in total. The Hall–Kier alpha value is -2.83. The largest absolute Gasteiger partial charge is 0.389 e. The van der Waals surface area contributed by atoms with Gasteiger partial charge in [-0.3, -0.25) is 4.98 Å². The zero-order valence-electron chi connectivity index (χ0n) is 13.6. The molecule has 0 amide bonds. The van der Waals surface area contributed by atoms with Gasteiger partial charge in [0, 0.05) is 17.1 Å². The van der Waals surface area contributed by atoms with Gasteiger partial charge in [-0.25, -0.2) is 4.98 Å². The summed E-state index contributed by atoms with van der Waals surface area (Å²) in [4.78, 5) is 20.0. The van der Waals surface area contributed by atoms with Crippen molar-refractivity contribution in [2.45, 2.75) is 6.61 Å². The Bertz CT molecular complexity index is 935. The molecule has 4 aromatic rings. The number of H-pyrrole nitrogens is 2. The molecule has 3 aromatic heterocycles. The maximum Gasteiger partial charge on any atom is 0.158 e. The standard InChI is InChI=1S/C18H15N5O.2ClH/c1-2-4-13(5-3-1)18(23-24-11-15-9-20-12-21-15)16-8-14-6-7-19-10-17(14)22-16;;/h1-10,12,22H,11H2,(H,20,21);2*1H. The number of oxime groups is 1. The van der Waals surface area contributed by atoms with E-state index in [2.05, 4.69) is 25.1 Å². The van der Waals surface area contributed by atoms with E-state index in [-0.39, 0.29) is 24.8 Å². The van der Waals surface area contributed by atoms with E-state index in [4.69, 9.17) is 4.84 Å². The summed E-state index contributed by atoms with van der Waals surface area (Å²) in [7, 11) is 0. The van der Waals surface area contributed by atoms with Crippen molar-refractivity contribution in [3.05, 3.63) is 84.3 Å². The van der Waals surface area contributed by atoms with Gasteiger partial charge >= 0.3 is 0 Å². The number of halogens is 2. The minimum Gasteiger partial charge on any atom is -0.389 e. The second-order valence-electron chi connectivity index (χ2n) is 5.30. The number of imidazole rings is 1. The predicted molar refractivity (Wildman–Crippen MR) is 106 cm³/mol. The summed E-state index contributed by atoms with van der Waals surface area (Å²) in [5.74, 6) is 0. The van der Waals surface area contributed by atoms with E-state index in [0.29, 0.717) is 6.61 Å². The molecule has 0 aliphatic rings. The number of aromatic amines is 2. The number of aromatic nitrogens is 4. The molecule has 0 fully saturated rings. The van der Waals surface area contributed by atoms with Gasteiger partial charge in [-0.2, -0.15) is 0 Å². The predicted octanol–water partition coefficient (Wildman–Crippen LogP) is 4.10. The van der Waals surface area contributed by atoms with Gasteiger partial charge in [0.05, 0.1) is 35.6 Å². The first-order valence-electron chi connectivity index (χ1n) is 7.56. The molecule has 0 aliphatic heterocycles.